The molecule has 0 aromatic heterocycles. The number of carbonyl (C=O) groups excluding carboxylic acids is 2. The van der Waals surface area contributed by atoms with Crippen LogP contribution < -0.4 is 5.32 Å². The summed E-state index contributed by atoms with van der Waals surface area (Å²) in [6, 6.07) is 19.1. The van der Waals surface area contributed by atoms with Crippen LogP contribution in [0.25, 0.3) is 10.8 Å². The third-order valence-electron chi connectivity index (χ3n) is 6.05. The zero-order valence-corrected chi connectivity index (χ0v) is 23.2. The van der Waals surface area contributed by atoms with Crippen molar-refractivity contribution in [1.82, 2.24) is 14.5 Å². The molecule has 0 aliphatic carbocycles. The average molecular weight is 575 g/mol. The first-order valence-electron chi connectivity index (χ1n) is 11.9. The molecule has 3 aromatic rings. The molecule has 0 spiro atoms. The minimum Gasteiger partial charge on any atom is -0.354 e. The van der Waals surface area contributed by atoms with E-state index < -0.39 is 28.5 Å². The topological polar surface area (TPSA) is 86.8 Å². The smallest absolute Gasteiger partial charge is 0.243 e. The van der Waals surface area contributed by atoms with E-state index in [1.54, 1.807) is 25.1 Å². The Bertz CT molecular complexity index is 1310. The Morgan fingerprint density at radius 2 is 1.67 bits per heavy atom. The highest BCUT2D eigenvalue weighted by molar-refractivity contribution is 9.10. The molecule has 0 radical (unpaired) electrons. The Morgan fingerprint density at radius 3 is 2.33 bits per heavy atom. The van der Waals surface area contributed by atoms with E-state index >= 15 is 0 Å². The SMILES string of the molecule is CCCCNC(=O)[C@H](C)N(Cc1ccc(Br)cc1)C(=O)CN(C)S(=O)(=O)c1ccc2ccccc2c1. The van der Waals surface area contributed by atoms with Gasteiger partial charge in [-0.2, -0.15) is 4.31 Å². The van der Waals surface area contributed by atoms with Crippen molar-refractivity contribution in [3.8, 4) is 0 Å². The summed E-state index contributed by atoms with van der Waals surface area (Å²) in [5.41, 5.74) is 0.833. The van der Waals surface area contributed by atoms with E-state index in [2.05, 4.69) is 21.2 Å². The molecule has 0 saturated carbocycles. The van der Waals surface area contributed by atoms with Crippen LogP contribution in [0, 0.1) is 0 Å². The van der Waals surface area contributed by atoms with Crippen LogP contribution in [0.2, 0.25) is 0 Å². The van der Waals surface area contributed by atoms with Gasteiger partial charge in [-0.15, -0.1) is 0 Å². The lowest BCUT2D eigenvalue weighted by atomic mass is 10.1. The molecule has 2 amide bonds. The van der Waals surface area contributed by atoms with Crippen molar-refractivity contribution in [3.05, 3.63) is 76.8 Å². The van der Waals surface area contributed by atoms with Crippen LogP contribution in [0.3, 0.4) is 0 Å². The van der Waals surface area contributed by atoms with Gasteiger partial charge in [-0.25, -0.2) is 8.42 Å². The van der Waals surface area contributed by atoms with Gasteiger partial charge in [-0.3, -0.25) is 9.59 Å². The number of unbranched alkanes of at least 4 members (excludes halogenated alkanes) is 1. The summed E-state index contributed by atoms with van der Waals surface area (Å²) in [7, 11) is -2.54. The first kappa shape index (κ1) is 27.8. The highest BCUT2D eigenvalue weighted by Crippen LogP contribution is 2.22. The van der Waals surface area contributed by atoms with Gasteiger partial charge in [0.05, 0.1) is 11.4 Å². The van der Waals surface area contributed by atoms with Crippen molar-refractivity contribution in [2.75, 3.05) is 20.1 Å². The van der Waals surface area contributed by atoms with Crippen LogP contribution in [-0.4, -0.2) is 55.6 Å². The van der Waals surface area contributed by atoms with Crippen LogP contribution in [0.15, 0.2) is 76.1 Å². The van der Waals surface area contributed by atoms with Crippen LogP contribution >= 0.6 is 15.9 Å². The van der Waals surface area contributed by atoms with E-state index in [1.165, 1.54) is 11.9 Å². The summed E-state index contributed by atoms with van der Waals surface area (Å²) in [5.74, 6) is -0.725. The lowest BCUT2D eigenvalue weighted by Crippen LogP contribution is -2.50. The first-order chi connectivity index (χ1) is 17.1. The van der Waals surface area contributed by atoms with Gasteiger partial charge < -0.3 is 10.2 Å². The lowest BCUT2D eigenvalue weighted by molar-refractivity contribution is -0.140. The highest BCUT2D eigenvalue weighted by Gasteiger charge is 2.30. The quantitative estimate of drug-likeness (QED) is 0.341. The number of nitrogens with zero attached hydrogens (tertiary/aromatic N) is 2. The van der Waals surface area contributed by atoms with Crippen LogP contribution in [0.4, 0.5) is 0 Å². The second-order valence-electron chi connectivity index (χ2n) is 8.74. The maximum absolute atomic E-state index is 13.4. The molecule has 0 bridgehead atoms. The van der Waals surface area contributed by atoms with Gasteiger partial charge in [0.25, 0.3) is 0 Å². The predicted octanol–water partition coefficient (Wildman–Crippen LogP) is 4.56. The number of nitrogens with one attached hydrogen (secondary N) is 1. The number of halogens is 1. The van der Waals surface area contributed by atoms with Crippen LogP contribution in [-0.2, 0) is 26.2 Å². The first-order valence-corrected chi connectivity index (χ1v) is 14.1. The van der Waals surface area contributed by atoms with Crippen molar-refractivity contribution in [2.24, 2.45) is 0 Å². The van der Waals surface area contributed by atoms with Crippen molar-refractivity contribution in [2.45, 2.75) is 44.2 Å². The fourth-order valence-electron chi connectivity index (χ4n) is 3.78. The van der Waals surface area contributed by atoms with E-state index in [1.807, 2.05) is 55.5 Å². The Morgan fingerprint density at radius 1 is 1.00 bits per heavy atom. The zero-order valence-electron chi connectivity index (χ0n) is 20.8. The van der Waals surface area contributed by atoms with Crippen molar-refractivity contribution in [3.63, 3.8) is 0 Å². The van der Waals surface area contributed by atoms with E-state index in [9.17, 15) is 18.0 Å². The molecule has 9 heteroatoms. The van der Waals surface area contributed by atoms with E-state index in [0.717, 1.165) is 38.0 Å². The summed E-state index contributed by atoms with van der Waals surface area (Å²) < 4.78 is 28.5. The molecule has 7 nitrogen and oxygen atoms in total. The standard InChI is InChI=1S/C27H32BrN3O4S/c1-4-5-16-29-27(33)20(2)31(18-21-10-13-24(28)14-11-21)26(32)19-30(3)36(34,35)25-15-12-22-8-6-7-9-23(22)17-25/h6-15,17,20H,4-5,16,18-19H2,1-3H3,(H,29,33)/t20-/m0/s1. The summed E-state index contributed by atoms with van der Waals surface area (Å²) in [4.78, 5) is 27.8. The number of sulfonamides is 1. The second-order valence-corrected chi connectivity index (χ2v) is 11.7. The number of hydrogen-bond donors (Lipinski definition) is 1. The minimum absolute atomic E-state index is 0.112. The molecule has 3 aromatic carbocycles. The van der Waals surface area contributed by atoms with Gasteiger partial charge in [0.15, 0.2) is 0 Å². The molecule has 0 unspecified atom stereocenters. The van der Waals surface area contributed by atoms with Gasteiger partial charge >= 0.3 is 0 Å². The normalized spacial score (nSPS) is 12.5. The molecule has 3 rings (SSSR count). The van der Waals surface area contributed by atoms with E-state index in [4.69, 9.17) is 0 Å². The molecular formula is C27H32BrN3O4S. The molecule has 0 fully saturated rings. The van der Waals surface area contributed by atoms with Gasteiger partial charge in [-0.05, 0) is 53.9 Å². The molecule has 1 atom stereocenters. The fourth-order valence-corrected chi connectivity index (χ4v) is 5.20. The summed E-state index contributed by atoms with van der Waals surface area (Å²) >= 11 is 3.40. The molecule has 192 valence electrons. The number of benzene rings is 3. The summed E-state index contributed by atoms with van der Waals surface area (Å²) in [6.07, 6.45) is 1.78. The number of rotatable bonds is 11. The molecule has 0 heterocycles. The summed E-state index contributed by atoms with van der Waals surface area (Å²) in [6.45, 7) is 4.01. The van der Waals surface area contributed by atoms with Gasteiger partial charge in [0, 0.05) is 24.6 Å². The number of amides is 2. The minimum atomic E-state index is -3.92. The maximum atomic E-state index is 13.4. The number of fused-ring (bicyclic) bond motifs is 1. The number of carbonyl (C=O) groups is 2. The van der Waals surface area contributed by atoms with Crippen LogP contribution in [0.5, 0.6) is 0 Å². The average Bonchev–Trinajstić information content (AvgIpc) is 2.87. The Labute approximate surface area is 221 Å². The van der Waals surface area contributed by atoms with Gasteiger partial charge in [0.1, 0.15) is 6.04 Å². The fraction of sp³-hybridized carbons (Fsp3) is 0.333. The third kappa shape index (κ3) is 6.93. The monoisotopic (exact) mass is 573 g/mol. The van der Waals surface area contributed by atoms with Crippen LogP contribution in [0.1, 0.15) is 32.3 Å². The largest absolute Gasteiger partial charge is 0.354 e. The Balaban J connectivity index is 1.81. The molecule has 0 aliphatic heterocycles. The van der Waals surface area contributed by atoms with Crippen molar-refractivity contribution >= 4 is 48.5 Å². The maximum Gasteiger partial charge on any atom is 0.243 e. The van der Waals surface area contributed by atoms with Crippen molar-refractivity contribution in [1.29, 1.82) is 0 Å². The van der Waals surface area contributed by atoms with Gasteiger partial charge in [0.2, 0.25) is 21.8 Å². The molecule has 1 N–H and O–H groups in total. The Hall–Kier alpha value is -2.75. The molecular weight excluding hydrogens is 542 g/mol. The third-order valence-corrected chi connectivity index (χ3v) is 8.38. The second kappa shape index (κ2) is 12.5. The molecule has 0 aliphatic rings. The predicted molar refractivity (Wildman–Crippen MR) is 146 cm³/mol. The Kier molecular flexibility index (Phi) is 9.64. The number of hydrogen-bond acceptors (Lipinski definition) is 4. The molecule has 36 heavy (non-hydrogen) atoms. The lowest BCUT2D eigenvalue weighted by Gasteiger charge is -2.30. The van der Waals surface area contributed by atoms with E-state index in [-0.39, 0.29) is 17.3 Å². The van der Waals surface area contributed by atoms with Gasteiger partial charge in [-0.1, -0.05) is 71.7 Å². The molecule has 0 saturated heterocycles. The van der Waals surface area contributed by atoms with E-state index in [0.29, 0.717) is 6.54 Å². The van der Waals surface area contributed by atoms with Crippen molar-refractivity contribution < 1.29 is 18.0 Å². The number of likely N-dealkylation sites (N-methyl/N-ethyl adjacent to an activating group) is 1. The zero-order chi connectivity index (χ0) is 26.3. The summed E-state index contributed by atoms with van der Waals surface area (Å²) in [5, 5.41) is 4.60. The highest BCUT2D eigenvalue weighted by atomic mass is 79.9.